The van der Waals surface area contributed by atoms with Crippen molar-refractivity contribution in [3.8, 4) is 0 Å². The standard InChI is InChI=1S/C8H15BrO4/c1-3-11-7-5(9)6(10)8(13-7)12-4-2/h5-8,10H,3-4H2,1-2H3. The van der Waals surface area contributed by atoms with Crippen molar-refractivity contribution in [3.63, 3.8) is 0 Å². The lowest BCUT2D eigenvalue weighted by Crippen LogP contribution is -2.30. The Morgan fingerprint density at radius 2 is 1.77 bits per heavy atom. The van der Waals surface area contributed by atoms with Crippen LogP contribution < -0.4 is 0 Å². The molecule has 0 amide bonds. The number of rotatable bonds is 4. The minimum absolute atomic E-state index is 0.219. The molecule has 1 aliphatic rings. The van der Waals surface area contributed by atoms with Crippen LogP contribution in [0.5, 0.6) is 0 Å². The molecule has 1 rings (SSSR count). The van der Waals surface area contributed by atoms with Crippen LogP contribution in [0.3, 0.4) is 0 Å². The Balaban J connectivity index is 2.45. The maximum atomic E-state index is 9.61. The number of hydrogen-bond acceptors (Lipinski definition) is 4. The highest BCUT2D eigenvalue weighted by Gasteiger charge is 2.43. The first-order valence-electron chi connectivity index (χ1n) is 4.41. The van der Waals surface area contributed by atoms with Crippen LogP contribution in [-0.2, 0) is 14.2 Å². The number of halogens is 1. The first kappa shape index (κ1) is 11.4. The van der Waals surface area contributed by atoms with Gasteiger partial charge in [0.1, 0.15) is 6.10 Å². The van der Waals surface area contributed by atoms with Gasteiger partial charge in [-0.05, 0) is 13.8 Å². The van der Waals surface area contributed by atoms with Gasteiger partial charge in [0.05, 0.1) is 4.83 Å². The lowest BCUT2D eigenvalue weighted by atomic mass is 10.3. The van der Waals surface area contributed by atoms with E-state index in [2.05, 4.69) is 15.9 Å². The normalized spacial score (nSPS) is 39.7. The zero-order chi connectivity index (χ0) is 9.84. The minimum Gasteiger partial charge on any atom is -0.386 e. The number of hydrogen-bond donors (Lipinski definition) is 1. The van der Waals surface area contributed by atoms with Crippen molar-refractivity contribution in [1.82, 2.24) is 0 Å². The van der Waals surface area contributed by atoms with Crippen molar-refractivity contribution in [2.75, 3.05) is 13.2 Å². The van der Waals surface area contributed by atoms with E-state index in [-0.39, 0.29) is 4.83 Å². The molecule has 0 spiro atoms. The predicted molar refractivity (Wildman–Crippen MR) is 50.6 cm³/mol. The highest BCUT2D eigenvalue weighted by molar-refractivity contribution is 9.09. The van der Waals surface area contributed by atoms with E-state index in [0.717, 1.165) is 0 Å². The summed E-state index contributed by atoms with van der Waals surface area (Å²) < 4.78 is 15.8. The zero-order valence-corrected chi connectivity index (χ0v) is 9.36. The Bertz CT molecular complexity index is 139. The van der Waals surface area contributed by atoms with Crippen molar-refractivity contribution >= 4 is 15.9 Å². The third-order valence-corrected chi connectivity index (χ3v) is 2.77. The van der Waals surface area contributed by atoms with Crippen molar-refractivity contribution in [2.45, 2.75) is 37.4 Å². The molecule has 13 heavy (non-hydrogen) atoms. The molecule has 1 heterocycles. The Hall–Kier alpha value is 0.320. The van der Waals surface area contributed by atoms with E-state index in [9.17, 15) is 5.11 Å². The second-order valence-corrected chi connectivity index (χ2v) is 3.78. The molecule has 1 fully saturated rings. The smallest absolute Gasteiger partial charge is 0.187 e. The van der Waals surface area contributed by atoms with Gasteiger partial charge in [0.2, 0.25) is 0 Å². The molecule has 0 aliphatic carbocycles. The summed E-state index contributed by atoms with van der Waals surface area (Å²) in [6, 6.07) is 0. The van der Waals surface area contributed by atoms with E-state index in [0.29, 0.717) is 13.2 Å². The van der Waals surface area contributed by atoms with Gasteiger partial charge in [-0.25, -0.2) is 0 Å². The van der Waals surface area contributed by atoms with Crippen LogP contribution in [0, 0.1) is 0 Å². The molecule has 78 valence electrons. The maximum absolute atomic E-state index is 9.61. The molecule has 1 aliphatic heterocycles. The number of aliphatic hydroxyl groups excluding tert-OH is 1. The fourth-order valence-electron chi connectivity index (χ4n) is 1.20. The average molecular weight is 255 g/mol. The van der Waals surface area contributed by atoms with Crippen molar-refractivity contribution in [2.24, 2.45) is 0 Å². The lowest BCUT2D eigenvalue weighted by molar-refractivity contribution is -0.213. The summed E-state index contributed by atoms with van der Waals surface area (Å²) >= 11 is 3.30. The van der Waals surface area contributed by atoms with Crippen molar-refractivity contribution in [1.29, 1.82) is 0 Å². The van der Waals surface area contributed by atoms with Gasteiger partial charge in [0, 0.05) is 13.2 Å². The van der Waals surface area contributed by atoms with E-state index in [1.54, 1.807) is 0 Å². The van der Waals surface area contributed by atoms with E-state index < -0.39 is 18.7 Å². The molecule has 1 saturated heterocycles. The summed E-state index contributed by atoms with van der Waals surface area (Å²) in [5.41, 5.74) is 0. The Labute approximate surface area is 86.3 Å². The van der Waals surface area contributed by atoms with E-state index in [1.165, 1.54) is 0 Å². The summed E-state index contributed by atoms with van der Waals surface area (Å²) in [4.78, 5) is -0.219. The Morgan fingerprint density at radius 3 is 2.31 bits per heavy atom. The SMILES string of the molecule is CCOC1OC(OCC)C(Br)C1O. The topological polar surface area (TPSA) is 47.9 Å². The first-order chi connectivity index (χ1) is 6.20. The molecule has 0 aromatic rings. The van der Waals surface area contributed by atoms with E-state index in [1.807, 2.05) is 13.8 Å². The average Bonchev–Trinajstić information content (AvgIpc) is 2.36. The second-order valence-electron chi connectivity index (χ2n) is 2.72. The van der Waals surface area contributed by atoms with Crippen LogP contribution >= 0.6 is 15.9 Å². The van der Waals surface area contributed by atoms with Crippen LogP contribution in [0.4, 0.5) is 0 Å². The molecule has 0 radical (unpaired) electrons. The molecular weight excluding hydrogens is 240 g/mol. The fraction of sp³-hybridized carbons (Fsp3) is 1.00. The van der Waals surface area contributed by atoms with Crippen LogP contribution in [0.2, 0.25) is 0 Å². The second kappa shape index (κ2) is 5.26. The highest BCUT2D eigenvalue weighted by atomic mass is 79.9. The first-order valence-corrected chi connectivity index (χ1v) is 5.33. The van der Waals surface area contributed by atoms with Gasteiger partial charge >= 0.3 is 0 Å². The van der Waals surface area contributed by atoms with Crippen molar-refractivity contribution in [3.05, 3.63) is 0 Å². The predicted octanol–water partition coefficient (Wildman–Crippen LogP) is 0.866. The van der Waals surface area contributed by atoms with Gasteiger partial charge in [-0.1, -0.05) is 15.9 Å². The van der Waals surface area contributed by atoms with Crippen LogP contribution in [0.15, 0.2) is 0 Å². The molecule has 4 unspecified atom stereocenters. The maximum Gasteiger partial charge on any atom is 0.187 e. The molecule has 4 atom stereocenters. The quantitative estimate of drug-likeness (QED) is 0.757. The highest BCUT2D eigenvalue weighted by Crippen LogP contribution is 2.28. The Morgan fingerprint density at radius 1 is 1.23 bits per heavy atom. The van der Waals surface area contributed by atoms with Gasteiger partial charge < -0.3 is 19.3 Å². The van der Waals surface area contributed by atoms with Gasteiger partial charge in [0.25, 0.3) is 0 Å². The molecule has 5 heteroatoms. The summed E-state index contributed by atoms with van der Waals surface area (Å²) in [5.74, 6) is 0. The van der Waals surface area contributed by atoms with Gasteiger partial charge in [-0.3, -0.25) is 0 Å². The Kier molecular flexibility index (Phi) is 4.61. The fourth-order valence-corrected chi connectivity index (χ4v) is 1.72. The number of aliphatic hydroxyl groups is 1. The minimum atomic E-state index is -0.670. The third kappa shape index (κ3) is 2.63. The largest absolute Gasteiger partial charge is 0.386 e. The van der Waals surface area contributed by atoms with E-state index >= 15 is 0 Å². The summed E-state index contributed by atoms with van der Waals surface area (Å²) in [6.45, 7) is 4.80. The summed E-state index contributed by atoms with van der Waals surface area (Å²) in [5, 5.41) is 9.61. The summed E-state index contributed by atoms with van der Waals surface area (Å²) in [7, 11) is 0. The van der Waals surface area contributed by atoms with Crippen molar-refractivity contribution < 1.29 is 19.3 Å². The van der Waals surface area contributed by atoms with Gasteiger partial charge in [0.15, 0.2) is 12.6 Å². The van der Waals surface area contributed by atoms with Gasteiger partial charge in [-0.15, -0.1) is 0 Å². The molecule has 0 aromatic carbocycles. The third-order valence-electron chi connectivity index (χ3n) is 1.80. The lowest BCUT2D eigenvalue weighted by Gasteiger charge is -2.13. The van der Waals surface area contributed by atoms with Crippen LogP contribution in [0.25, 0.3) is 0 Å². The number of ether oxygens (including phenoxy) is 3. The molecule has 1 N–H and O–H groups in total. The van der Waals surface area contributed by atoms with Crippen LogP contribution in [-0.4, -0.2) is 41.8 Å². The van der Waals surface area contributed by atoms with Crippen LogP contribution in [0.1, 0.15) is 13.8 Å². The molecule has 0 saturated carbocycles. The van der Waals surface area contributed by atoms with E-state index in [4.69, 9.17) is 14.2 Å². The molecule has 0 bridgehead atoms. The van der Waals surface area contributed by atoms with Gasteiger partial charge in [-0.2, -0.15) is 0 Å². The molecule has 4 nitrogen and oxygen atoms in total. The molecular formula is C8H15BrO4. The summed E-state index contributed by atoms with van der Waals surface area (Å²) in [6.07, 6.45) is -1.67. The molecule has 0 aromatic heterocycles. The monoisotopic (exact) mass is 254 g/mol. The number of alkyl halides is 1. The zero-order valence-electron chi connectivity index (χ0n) is 7.77.